The molecule has 6 heteroatoms. The van der Waals surface area contributed by atoms with Crippen molar-refractivity contribution >= 4 is 34.0 Å². The smallest absolute Gasteiger partial charge is 0.341 e. The van der Waals surface area contributed by atoms with Crippen LogP contribution in [0.3, 0.4) is 0 Å². The van der Waals surface area contributed by atoms with Gasteiger partial charge in [-0.05, 0) is 62.8 Å². The third-order valence-corrected chi connectivity index (χ3v) is 5.36. The van der Waals surface area contributed by atoms with Gasteiger partial charge in [-0.1, -0.05) is 12.1 Å². The molecule has 0 spiro atoms. The molecule has 0 saturated heterocycles. The number of carbonyl (C=O) groups excluding carboxylic acids is 2. The molecule has 3 rings (SSSR count). The zero-order valence-electron chi connectivity index (χ0n) is 14.5. The van der Waals surface area contributed by atoms with Crippen LogP contribution in [0.25, 0.3) is 0 Å². The number of rotatable bonds is 4. The van der Waals surface area contributed by atoms with Crippen LogP contribution in [0.15, 0.2) is 24.3 Å². The Kier molecular flexibility index (Phi) is 5.38. The molecule has 0 saturated carbocycles. The molecule has 2 amide bonds. The van der Waals surface area contributed by atoms with Crippen molar-refractivity contribution in [1.82, 2.24) is 0 Å². The van der Waals surface area contributed by atoms with Gasteiger partial charge in [-0.3, -0.25) is 5.32 Å². The van der Waals surface area contributed by atoms with Crippen molar-refractivity contribution in [2.75, 3.05) is 17.2 Å². The monoisotopic (exact) mass is 358 g/mol. The van der Waals surface area contributed by atoms with Gasteiger partial charge in [0.05, 0.1) is 12.2 Å². The van der Waals surface area contributed by atoms with Crippen LogP contribution in [0.1, 0.15) is 46.1 Å². The highest BCUT2D eigenvalue weighted by Crippen LogP contribution is 2.38. The highest BCUT2D eigenvalue weighted by Gasteiger charge is 2.27. The first-order valence-corrected chi connectivity index (χ1v) is 9.36. The third kappa shape index (κ3) is 4.02. The van der Waals surface area contributed by atoms with E-state index >= 15 is 0 Å². The molecule has 0 aliphatic heterocycles. The van der Waals surface area contributed by atoms with Crippen LogP contribution < -0.4 is 10.6 Å². The molecule has 1 aromatic heterocycles. The van der Waals surface area contributed by atoms with Crippen LogP contribution in [-0.2, 0) is 17.6 Å². The Bertz CT molecular complexity index is 798. The maximum Gasteiger partial charge on any atom is 0.341 e. The summed E-state index contributed by atoms with van der Waals surface area (Å²) in [4.78, 5) is 25.9. The summed E-state index contributed by atoms with van der Waals surface area (Å²) in [5.41, 5.74) is 3.36. The van der Waals surface area contributed by atoms with Crippen molar-refractivity contribution in [2.24, 2.45) is 0 Å². The largest absolute Gasteiger partial charge is 0.462 e. The van der Waals surface area contributed by atoms with E-state index in [-0.39, 0.29) is 12.0 Å². The highest BCUT2D eigenvalue weighted by molar-refractivity contribution is 7.17. The first-order valence-electron chi connectivity index (χ1n) is 8.54. The zero-order valence-corrected chi connectivity index (χ0v) is 15.3. The van der Waals surface area contributed by atoms with Gasteiger partial charge >= 0.3 is 12.0 Å². The summed E-state index contributed by atoms with van der Waals surface area (Å²) in [5.74, 6) is -0.354. The van der Waals surface area contributed by atoms with Crippen molar-refractivity contribution in [3.63, 3.8) is 0 Å². The number of thiophene rings is 1. The van der Waals surface area contributed by atoms with Crippen molar-refractivity contribution in [3.8, 4) is 0 Å². The summed E-state index contributed by atoms with van der Waals surface area (Å²) < 4.78 is 5.20. The summed E-state index contributed by atoms with van der Waals surface area (Å²) in [6.45, 7) is 4.07. The second kappa shape index (κ2) is 7.70. The number of amides is 2. The van der Waals surface area contributed by atoms with Crippen molar-refractivity contribution < 1.29 is 14.3 Å². The van der Waals surface area contributed by atoms with Crippen molar-refractivity contribution in [2.45, 2.75) is 39.5 Å². The quantitative estimate of drug-likeness (QED) is 0.775. The molecule has 1 aromatic carbocycles. The Labute approximate surface area is 151 Å². The number of aryl methyl sites for hydroxylation is 2. The lowest BCUT2D eigenvalue weighted by Crippen LogP contribution is -2.21. The number of benzene rings is 1. The van der Waals surface area contributed by atoms with E-state index in [1.807, 2.05) is 31.2 Å². The maximum absolute atomic E-state index is 12.4. The Morgan fingerprint density at radius 1 is 1.20 bits per heavy atom. The number of nitrogens with one attached hydrogen (secondary N) is 2. The van der Waals surface area contributed by atoms with Crippen LogP contribution in [0, 0.1) is 6.92 Å². The topological polar surface area (TPSA) is 67.4 Å². The third-order valence-electron chi connectivity index (χ3n) is 4.15. The van der Waals surface area contributed by atoms with E-state index in [4.69, 9.17) is 4.74 Å². The minimum atomic E-state index is -0.354. The highest BCUT2D eigenvalue weighted by atomic mass is 32.1. The SMILES string of the molecule is CCOC(=O)c1c(NC(=O)Nc2cccc(C)c2)sc2c1CCCC2. The normalized spacial score (nSPS) is 13.0. The minimum Gasteiger partial charge on any atom is -0.462 e. The Balaban J connectivity index is 1.82. The molecule has 5 nitrogen and oxygen atoms in total. The fourth-order valence-corrected chi connectivity index (χ4v) is 4.33. The van der Waals surface area contributed by atoms with Crippen LogP contribution >= 0.6 is 11.3 Å². The molecule has 0 radical (unpaired) electrons. The van der Waals surface area contributed by atoms with Gasteiger partial charge in [-0.15, -0.1) is 11.3 Å². The van der Waals surface area contributed by atoms with E-state index < -0.39 is 0 Å². The molecule has 1 aliphatic carbocycles. The Morgan fingerprint density at radius 2 is 2.00 bits per heavy atom. The van der Waals surface area contributed by atoms with Gasteiger partial charge in [0.15, 0.2) is 0 Å². The van der Waals surface area contributed by atoms with Gasteiger partial charge < -0.3 is 10.1 Å². The van der Waals surface area contributed by atoms with Gasteiger partial charge in [0.2, 0.25) is 0 Å². The number of urea groups is 1. The van der Waals surface area contributed by atoms with Gasteiger partial charge in [0, 0.05) is 10.6 Å². The Morgan fingerprint density at radius 3 is 2.76 bits per heavy atom. The molecule has 0 bridgehead atoms. The van der Waals surface area contributed by atoms with Gasteiger partial charge in [0.1, 0.15) is 5.00 Å². The Hall–Kier alpha value is -2.34. The fourth-order valence-electron chi connectivity index (χ4n) is 3.06. The van der Waals surface area contributed by atoms with E-state index in [9.17, 15) is 9.59 Å². The number of hydrogen-bond acceptors (Lipinski definition) is 4. The first-order chi connectivity index (χ1) is 12.1. The molecule has 132 valence electrons. The van der Waals surface area contributed by atoms with Crippen molar-refractivity contribution in [1.29, 1.82) is 0 Å². The van der Waals surface area contributed by atoms with E-state index in [0.29, 0.717) is 17.2 Å². The lowest BCUT2D eigenvalue weighted by Gasteiger charge is -2.12. The molecule has 0 unspecified atom stereocenters. The second-order valence-electron chi connectivity index (χ2n) is 6.08. The molecule has 0 fully saturated rings. The zero-order chi connectivity index (χ0) is 17.8. The van der Waals surface area contributed by atoms with E-state index in [1.54, 1.807) is 6.92 Å². The predicted octanol–water partition coefficient (Wildman–Crippen LogP) is 4.76. The number of esters is 1. The standard InChI is InChI=1S/C19H22N2O3S/c1-3-24-18(22)16-14-9-4-5-10-15(14)25-17(16)21-19(23)20-13-8-6-7-12(2)11-13/h6-8,11H,3-5,9-10H2,1-2H3,(H2,20,21,23). The summed E-state index contributed by atoms with van der Waals surface area (Å²) in [6.07, 6.45) is 3.99. The lowest BCUT2D eigenvalue weighted by molar-refractivity contribution is 0.0526. The van der Waals surface area contributed by atoms with Crippen LogP contribution in [0.5, 0.6) is 0 Å². The maximum atomic E-state index is 12.4. The number of hydrogen-bond donors (Lipinski definition) is 2. The predicted molar refractivity (Wildman–Crippen MR) is 101 cm³/mol. The molecular formula is C19H22N2O3S. The minimum absolute atomic E-state index is 0.318. The summed E-state index contributed by atoms with van der Waals surface area (Å²) in [7, 11) is 0. The average molecular weight is 358 g/mol. The van der Waals surface area contributed by atoms with E-state index in [0.717, 1.165) is 42.5 Å². The van der Waals surface area contributed by atoms with Crippen LogP contribution in [0.4, 0.5) is 15.5 Å². The number of ether oxygens (including phenoxy) is 1. The molecule has 1 aliphatic rings. The van der Waals surface area contributed by atoms with Crippen LogP contribution in [-0.4, -0.2) is 18.6 Å². The summed E-state index contributed by atoms with van der Waals surface area (Å²) in [6, 6.07) is 7.23. The molecule has 2 N–H and O–H groups in total. The van der Waals surface area contributed by atoms with Gasteiger partial charge in [0.25, 0.3) is 0 Å². The molecule has 25 heavy (non-hydrogen) atoms. The fraction of sp³-hybridized carbons (Fsp3) is 0.368. The van der Waals surface area contributed by atoms with E-state index in [2.05, 4.69) is 10.6 Å². The average Bonchev–Trinajstić information content (AvgIpc) is 2.92. The number of anilines is 2. The van der Waals surface area contributed by atoms with E-state index in [1.165, 1.54) is 16.2 Å². The van der Waals surface area contributed by atoms with Gasteiger partial charge in [-0.2, -0.15) is 0 Å². The van der Waals surface area contributed by atoms with Crippen molar-refractivity contribution in [3.05, 3.63) is 45.8 Å². The molecular weight excluding hydrogens is 336 g/mol. The van der Waals surface area contributed by atoms with Gasteiger partial charge in [-0.25, -0.2) is 9.59 Å². The summed E-state index contributed by atoms with van der Waals surface area (Å²) in [5, 5.41) is 6.24. The lowest BCUT2D eigenvalue weighted by atomic mass is 9.95. The molecule has 2 aromatic rings. The number of fused-ring (bicyclic) bond motifs is 1. The second-order valence-corrected chi connectivity index (χ2v) is 7.19. The first kappa shape index (κ1) is 17.5. The van der Waals surface area contributed by atoms with Crippen LogP contribution in [0.2, 0.25) is 0 Å². The number of carbonyl (C=O) groups is 2. The molecule has 0 atom stereocenters. The summed E-state index contributed by atoms with van der Waals surface area (Å²) >= 11 is 1.49. The molecule has 1 heterocycles.